The van der Waals surface area contributed by atoms with Gasteiger partial charge in [0.05, 0.1) is 11.6 Å². The van der Waals surface area contributed by atoms with Gasteiger partial charge in [-0.2, -0.15) is 18.4 Å². The van der Waals surface area contributed by atoms with Crippen LogP contribution >= 0.6 is 11.6 Å². The Morgan fingerprint density at radius 3 is 2.54 bits per heavy atom. The second kappa shape index (κ2) is 7.19. The zero-order valence-electron chi connectivity index (χ0n) is 11.9. The third-order valence-electron chi connectivity index (χ3n) is 2.73. The third-order valence-corrected chi connectivity index (χ3v) is 3.00. The number of benzene rings is 1. The maximum absolute atomic E-state index is 12.5. The van der Waals surface area contributed by atoms with Gasteiger partial charge in [0.2, 0.25) is 11.8 Å². The average molecular weight is 356 g/mol. The van der Waals surface area contributed by atoms with Gasteiger partial charge in [-0.1, -0.05) is 11.6 Å². The minimum Gasteiger partial charge on any atom is -0.438 e. The normalized spacial score (nSPS) is 10.8. The average Bonchev–Trinajstić information content (AvgIpc) is 2.50. The molecule has 0 aliphatic carbocycles. The van der Waals surface area contributed by atoms with E-state index >= 15 is 0 Å². The summed E-state index contributed by atoms with van der Waals surface area (Å²) in [6, 6.07) is 8.38. The summed E-state index contributed by atoms with van der Waals surface area (Å²) in [5.41, 5.74) is -0.538. The molecule has 0 aliphatic heterocycles. The van der Waals surface area contributed by atoms with Crippen LogP contribution in [0.5, 0.6) is 11.6 Å². The first-order valence-corrected chi connectivity index (χ1v) is 6.85. The quantitative estimate of drug-likeness (QED) is 0.882. The lowest BCUT2D eigenvalue weighted by atomic mass is 10.2. The highest BCUT2D eigenvalue weighted by Gasteiger charge is 2.31. The summed E-state index contributed by atoms with van der Waals surface area (Å²) in [5.74, 6) is -0.369. The van der Waals surface area contributed by atoms with Crippen molar-refractivity contribution in [2.75, 3.05) is 5.32 Å². The fourth-order valence-electron chi connectivity index (χ4n) is 1.65. The van der Waals surface area contributed by atoms with Crippen LogP contribution in [0.1, 0.15) is 12.0 Å². The van der Waals surface area contributed by atoms with E-state index in [4.69, 9.17) is 21.6 Å². The Morgan fingerprint density at radius 1 is 1.33 bits per heavy atom. The molecule has 0 saturated heterocycles. The molecular weight excluding hydrogens is 347 g/mol. The Labute approximate surface area is 139 Å². The number of anilines is 1. The van der Waals surface area contributed by atoms with Gasteiger partial charge in [-0.15, -0.1) is 0 Å². The third kappa shape index (κ3) is 4.60. The van der Waals surface area contributed by atoms with Crippen molar-refractivity contribution in [3.63, 3.8) is 0 Å². The van der Waals surface area contributed by atoms with Crippen LogP contribution in [0.3, 0.4) is 0 Å². The molecule has 24 heavy (non-hydrogen) atoms. The summed E-state index contributed by atoms with van der Waals surface area (Å²) in [7, 11) is 0. The zero-order valence-corrected chi connectivity index (χ0v) is 12.6. The fraction of sp³-hybridized carbons (Fsp3) is 0.133. The van der Waals surface area contributed by atoms with Crippen molar-refractivity contribution in [1.82, 2.24) is 4.98 Å². The zero-order chi connectivity index (χ0) is 17.7. The van der Waals surface area contributed by atoms with Gasteiger partial charge in [0.1, 0.15) is 17.2 Å². The Morgan fingerprint density at radius 2 is 2.00 bits per heavy atom. The highest BCUT2D eigenvalue weighted by molar-refractivity contribution is 6.31. The number of pyridine rings is 1. The highest BCUT2D eigenvalue weighted by atomic mass is 35.5. The van der Waals surface area contributed by atoms with Crippen molar-refractivity contribution >= 4 is 23.2 Å². The van der Waals surface area contributed by atoms with Crippen LogP contribution in [-0.4, -0.2) is 10.9 Å². The molecule has 1 aromatic carbocycles. The van der Waals surface area contributed by atoms with Gasteiger partial charge in [-0.3, -0.25) is 4.79 Å². The van der Waals surface area contributed by atoms with E-state index in [1.54, 1.807) is 6.07 Å². The predicted molar refractivity (Wildman–Crippen MR) is 79.6 cm³/mol. The number of nitrogens with one attached hydrogen (secondary N) is 1. The van der Waals surface area contributed by atoms with Gasteiger partial charge < -0.3 is 10.1 Å². The van der Waals surface area contributed by atoms with Crippen LogP contribution < -0.4 is 10.1 Å². The van der Waals surface area contributed by atoms with Gasteiger partial charge in [-0.05, 0) is 30.3 Å². The molecule has 0 atom stereocenters. The Balaban J connectivity index is 2.09. The molecule has 1 N–H and O–H groups in total. The lowest BCUT2D eigenvalue weighted by Gasteiger charge is -2.10. The number of alkyl halides is 3. The molecule has 0 bridgehead atoms. The number of ether oxygens (including phenoxy) is 1. The van der Waals surface area contributed by atoms with Gasteiger partial charge in [0.15, 0.2) is 0 Å². The highest BCUT2D eigenvalue weighted by Crippen LogP contribution is 2.34. The first-order chi connectivity index (χ1) is 11.3. The van der Waals surface area contributed by atoms with Gasteiger partial charge >= 0.3 is 6.18 Å². The van der Waals surface area contributed by atoms with E-state index in [0.29, 0.717) is 11.9 Å². The minimum absolute atomic E-state index is 0.175. The lowest BCUT2D eigenvalue weighted by Crippen LogP contribution is -2.09. The summed E-state index contributed by atoms with van der Waals surface area (Å²) in [6.45, 7) is 0. The maximum Gasteiger partial charge on any atom is 0.417 e. The van der Waals surface area contributed by atoms with Crippen LogP contribution in [-0.2, 0) is 11.0 Å². The summed E-state index contributed by atoms with van der Waals surface area (Å²) in [4.78, 5) is 14.8. The van der Waals surface area contributed by atoms with Crippen LogP contribution in [0, 0.1) is 11.3 Å². The lowest BCUT2D eigenvalue weighted by molar-refractivity contribution is -0.137. The second-order valence-electron chi connectivity index (χ2n) is 4.52. The molecule has 124 valence electrons. The van der Waals surface area contributed by atoms with E-state index < -0.39 is 17.6 Å². The summed E-state index contributed by atoms with van der Waals surface area (Å²) < 4.78 is 42.9. The number of halogens is 4. The van der Waals surface area contributed by atoms with Crippen LogP contribution in [0.2, 0.25) is 5.02 Å². The number of nitrogens with zero attached hydrogens (tertiary/aromatic N) is 2. The summed E-state index contributed by atoms with van der Waals surface area (Å²) >= 11 is 5.75. The SMILES string of the molecule is N#CCC(=O)Nc1ccc(Oc2ncc(C(F)(F)F)cc2Cl)cc1. The summed E-state index contributed by atoms with van der Waals surface area (Å²) in [5, 5.41) is 10.6. The molecule has 0 aliphatic rings. The van der Waals surface area contributed by atoms with Crippen molar-refractivity contribution in [3.8, 4) is 17.7 Å². The first kappa shape index (κ1) is 17.6. The van der Waals surface area contributed by atoms with E-state index in [0.717, 1.165) is 6.07 Å². The molecule has 9 heteroatoms. The Bertz CT molecular complexity index is 786. The Kier molecular flexibility index (Phi) is 5.26. The van der Waals surface area contributed by atoms with Crippen molar-refractivity contribution in [3.05, 3.63) is 47.1 Å². The van der Waals surface area contributed by atoms with Gasteiger partial charge in [0, 0.05) is 11.9 Å². The molecular formula is C15H9ClF3N3O2. The number of hydrogen-bond donors (Lipinski definition) is 1. The molecule has 2 rings (SSSR count). The molecule has 0 radical (unpaired) electrons. The number of nitriles is 1. The van der Waals surface area contributed by atoms with Gasteiger partial charge in [0.25, 0.3) is 0 Å². The predicted octanol–water partition coefficient (Wildman–Crippen LogP) is 4.40. The molecule has 5 nitrogen and oxygen atoms in total. The largest absolute Gasteiger partial charge is 0.438 e. The number of carbonyl (C=O) groups excluding carboxylic acids is 1. The van der Waals surface area contributed by atoms with E-state index in [1.807, 2.05) is 0 Å². The minimum atomic E-state index is -4.54. The molecule has 0 saturated carbocycles. The fourth-order valence-corrected chi connectivity index (χ4v) is 1.86. The second-order valence-corrected chi connectivity index (χ2v) is 4.93. The maximum atomic E-state index is 12.5. The van der Waals surface area contributed by atoms with Crippen LogP contribution in [0.4, 0.5) is 18.9 Å². The number of amides is 1. The van der Waals surface area contributed by atoms with Gasteiger partial charge in [-0.25, -0.2) is 4.98 Å². The van der Waals surface area contributed by atoms with E-state index in [2.05, 4.69) is 10.3 Å². The molecule has 0 fully saturated rings. The number of aromatic nitrogens is 1. The molecule has 2 aromatic rings. The van der Waals surface area contributed by atoms with E-state index in [1.165, 1.54) is 24.3 Å². The number of carbonyl (C=O) groups is 1. The topological polar surface area (TPSA) is 75.0 Å². The van der Waals surface area contributed by atoms with E-state index in [9.17, 15) is 18.0 Å². The number of hydrogen-bond acceptors (Lipinski definition) is 4. The number of rotatable bonds is 4. The van der Waals surface area contributed by atoms with Crippen molar-refractivity contribution in [2.24, 2.45) is 0 Å². The van der Waals surface area contributed by atoms with Crippen molar-refractivity contribution in [1.29, 1.82) is 5.26 Å². The molecule has 0 spiro atoms. The molecule has 1 amide bonds. The first-order valence-electron chi connectivity index (χ1n) is 6.47. The smallest absolute Gasteiger partial charge is 0.417 e. The molecule has 1 aromatic heterocycles. The van der Waals surface area contributed by atoms with Crippen LogP contribution in [0.25, 0.3) is 0 Å². The standard InChI is InChI=1S/C15H9ClF3N3O2/c16-12-7-9(15(17,18)19)8-21-14(12)24-11-3-1-10(2-4-11)22-13(23)5-6-20/h1-4,7-8H,5H2,(H,22,23). The molecule has 0 unspecified atom stereocenters. The molecule has 1 heterocycles. The van der Waals surface area contributed by atoms with Crippen molar-refractivity contribution in [2.45, 2.75) is 12.6 Å². The van der Waals surface area contributed by atoms with Crippen molar-refractivity contribution < 1.29 is 22.7 Å². The summed E-state index contributed by atoms with van der Waals surface area (Å²) in [6.07, 6.45) is -4.19. The Hall–Kier alpha value is -2.79. The monoisotopic (exact) mass is 355 g/mol. The van der Waals surface area contributed by atoms with E-state index in [-0.39, 0.29) is 23.1 Å². The van der Waals surface area contributed by atoms with Crippen LogP contribution in [0.15, 0.2) is 36.5 Å².